The number of carbonyl (C=O) groups excluding carboxylic acids is 1. The number of carboxylic acid groups (broad SMARTS) is 1. The fraction of sp³-hybridized carbons (Fsp3) is 0.364. The Kier molecular flexibility index (Phi) is 2.04. The number of hydrogen-bond acceptors (Lipinski definition) is 4. The molecule has 17 heavy (non-hydrogen) atoms. The normalized spacial score (nSPS) is 29.9. The van der Waals surface area contributed by atoms with Gasteiger partial charge in [0, 0.05) is 12.1 Å². The van der Waals surface area contributed by atoms with Crippen molar-refractivity contribution < 1.29 is 19.4 Å². The molecule has 6 nitrogen and oxygen atoms in total. The van der Waals surface area contributed by atoms with E-state index in [4.69, 9.17) is 9.84 Å². The molecule has 0 saturated heterocycles. The summed E-state index contributed by atoms with van der Waals surface area (Å²) in [6.07, 6.45) is 1.33. The van der Waals surface area contributed by atoms with E-state index in [2.05, 4.69) is 10.3 Å². The van der Waals surface area contributed by atoms with Gasteiger partial charge in [0.1, 0.15) is 0 Å². The monoisotopic (exact) mass is 234 g/mol. The van der Waals surface area contributed by atoms with Gasteiger partial charge < -0.3 is 15.2 Å². The highest BCUT2D eigenvalue weighted by molar-refractivity contribution is 5.97. The number of fused-ring (bicyclic) bond motifs is 1. The lowest BCUT2D eigenvalue weighted by molar-refractivity contribution is -0.139. The summed E-state index contributed by atoms with van der Waals surface area (Å²) in [6, 6.07) is 3.40. The van der Waals surface area contributed by atoms with Crippen LogP contribution in [0.3, 0.4) is 0 Å². The molecule has 0 radical (unpaired) electrons. The molecule has 0 spiro atoms. The standard InChI is InChI=1S/C11H10N2O4/c14-10-8(5-4-6(5)11(15)16)17-7-2-1-3-12-9(7)13-10/h1-3,5-6,8H,4H2,(H,15,16)(H,12,13,14). The highest BCUT2D eigenvalue weighted by atomic mass is 16.5. The molecular weight excluding hydrogens is 224 g/mol. The number of anilines is 1. The maximum atomic E-state index is 11.7. The van der Waals surface area contributed by atoms with E-state index in [1.165, 1.54) is 0 Å². The number of carbonyl (C=O) groups is 2. The van der Waals surface area contributed by atoms with Gasteiger partial charge in [-0.3, -0.25) is 9.59 Å². The molecule has 1 aromatic rings. The Morgan fingerprint density at radius 1 is 1.59 bits per heavy atom. The Labute approximate surface area is 96.6 Å². The van der Waals surface area contributed by atoms with Gasteiger partial charge in [-0.05, 0) is 18.6 Å². The molecule has 1 aliphatic heterocycles. The first-order valence-corrected chi connectivity index (χ1v) is 5.32. The SMILES string of the molecule is O=C(O)C1CC1C1Oc2cccnc2NC1=O. The van der Waals surface area contributed by atoms with Crippen LogP contribution in [-0.2, 0) is 9.59 Å². The first-order valence-electron chi connectivity index (χ1n) is 5.32. The smallest absolute Gasteiger partial charge is 0.306 e. The van der Waals surface area contributed by atoms with Crippen LogP contribution in [0, 0.1) is 11.8 Å². The van der Waals surface area contributed by atoms with Crippen LogP contribution < -0.4 is 10.1 Å². The minimum absolute atomic E-state index is 0.235. The summed E-state index contributed by atoms with van der Waals surface area (Å²) in [5, 5.41) is 11.5. The van der Waals surface area contributed by atoms with Gasteiger partial charge in [0.05, 0.1) is 5.92 Å². The zero-order chi connectivity index (χ0) is 12.0. The number of aliphatic carboxylic acids is 1. The van der Waals surface area contributed by atoms with E-state index in [1.54, 1.807) is 18.3 Å². The topological polar surface area (TPSA) is 88.5 Å². The minimum atomic E-state index is -0.872. The van der Waals surface area contributed by atoms with Crippen molar-refractivity contribution in [1.82, 2.24) is 4.98 Å². The van der Waals surface area contributed by atoms with Crippen LogP contribution >= 0.6 is 0 Å². The van der Waals surface area contributed by atoms with Crippen molar-refractivity contribution in [2.75, 3.05) is 5.32 Å². The van der Waals surface area contributed by atoms with Gasteiger partial charge in [0.15, 0.2) is 17.7 Å². The molecule has 2 heterocycles. The average Bonchev–Trinajstić information content (AvgIpc) is 3.08. The summed E-state index contributed by atoms with van der Waals surface area (Å²) in [4.78, 5) is 26.5. The lowest BCUT2D eigenvalue weighted by Crippen LogP contribution is -2.39. The first kappa shape index (κ1) is 10.1. The Hall–Kier alpha value is -2.11. The quantitative estimate of drug-likeness (QED) is 0.778. The van der Waals surface area contributed by atoms with Crippen molar-refractivity contribution in [1.29, 1.82) is 0 Å². The fourth-order valence-electron chi connectivity index (χ4n) is 2.07. The van der Waals surface area contributed by atoms with Gasteiger partial charge in [-0.1, -0.05) is 0 Å². The summed E-state index contributed by atoms with van der Waals surface area (Å²) < 4.78 is 5.51. The molecule has 1 aliphatic carbocycles. The number of rotatable bonds is 2. The van der Waals surface area contributed by atoms with Crippen molar-refractivity contribution in [3.8, 4) is 5.75 Å². The van der Waals surface area contributed by atoms with Gasteiger partial charge in [-0.15, -0.1) is 0 Å². The molecule has 88 valence electrons. The van der Waals surface area contributed by atoms with E-state index < -0.39 is 18.0 Å². The Balaban J connectivity index is 1.81. The van der Waals surface area contributed by atoms with Crippen molar-refractivity contribution in [2.24, 2.45) is 11.8 Å². The third-order valence-electron chi connectivity index (χ3n) is 3.07. The Bertz CT molecular complexity index is 502. The van der Waals surface area contributed by atoms with Crippen molar-refractivity contribution in [2.45, 2.75) is 12.5 Å². The average molecular weight is 234 g/mol. The van der Waals surface area contributed by atoms with E-state index >= 15 is 0 Å². The summed E-state index contributed by atoms with van der Waals surface area (Å²) in [7, 11) is 0. The number of amides is 1. The summed E-state index contributed by atoms with van der Waals surface area (Å²) >= 11 is 0. The number of nitrogens with one attached hydrogen (secondary N) is 1. The molecule has 0 bridgehead atoms. The largest absolute Gasteiger partial charge is 0.481 e. The molecule has 0 aromatic carbocycles. The number of carboxylic acids is 1. The third kappa shape index (κ3) is 1.61. The van der Waals surface area contributed by atoms with Crippen LogP contribution in [0.5, 0.6) is 5.75 Å². The number of nitrogens with zero attached hydrogens (tertiary/aromatic N) is 1. The lowest BCUT2D eigenvalue weighted by atomic mass is 10.1. The molecule has 1 aromatic heterocycles. The van der Waals surface area contributed by atoms with Crippen molar-refractivity contribution >= 4 is 17.7 Å². The van der Waals surface area contributed by atoms with E-state index in [-0.39, 0.29) is 11.8 Å². The third-order valence-corrected chi connectivity index (χ3v) is 3.07. The maximum Gasteiger partial charge on any atom is 0.306 e. The Morgan fingerprint density at radius 2 is 2.41 bits per heavy atom. The predicted octanol–water partition coefficient (Wildman–Crippen LogP) is 0.502. The first-order chi connectivity index (χ1) is 8.16. The highest BCUT2D eigenvalue weighted by Crippen LogP contribution is 2.44. The van der Waals surface area contributed by atoms with Gasteiger partial charge in [0.2, 0.25) is 0 Å². The number of aromatic nitrogens is 1. The second kappa shape index (κ2) is 3.44. The molecule has 1 amide bonds. The highest BCUT2D eigenvalue weighted by Gasteiger charge is 2.53. The van der Waals surface area contributed by atoms with Crippen LogP contribution in [0.1, 0.15) is 6.42 Å². The van der Waals surface area contributed by atoms with Gasteiger partial charge in [-0.2, -0.15) is 0 Å². The molecule has 3 unspecified atom stereocenters. The molecule has 3 atom stereocenters. The predicted molar refractivity (Wildman–Crippen MR) is 56.5 cm³/mol. The van der Waals surface area contributed by atoms with E-state index in [0.29, 0.717) is 18.0 Å². The maximum absolute atomic E-state index is 11.7. The van der Waals surface area contributed by atoms with E-state index in [0.717, 1.165) is 0 Å². The fourth-order valence-corrected chi connectivity index (χ4v) is 2.07. The van der Waals surface area contributed by atoms with Crippen LogP contribution in [0.15, 0.2) is 18.3 Å². The van der Waals surface area contributed by atoms with E-state index in [9.17, 15) is 9.59 Å². The number of pyridine rings is 1. The van der Waals surface area contributed by atoms with E-state index in [1.807, 2.05) is 0 Å². The van der Waals surface area contributed by atoms with Gasteiger partial charge in [-0.25, -0.2) is 4.98 Å². The zero-order valence-corrected chi connectivity index (χ0v) is 8.79. The molecule has 1 fully saturated rings. The Morgan fingerprint density at radius 3 is 3.12 bits per heavy atom. The van der Waals surface area contributed by atoms with Crippen molar-refractivity contribution in [3.63, 3.8) is 0 Å². The second-order valence-electron chi connectivity index (χ2n) is 4.22. The molecule has 2 N–H and O–H groups in total. The lowest BCUT2D eigenvalue weighted by Gasteiger charge is -2.24. The van der Waals surface area contributed by atoms with Crippen LogP contribution in [0.2, 0.25) is 0 Å². The van der Waals surface area contributed by atoms with Gasteiger partial charge >= 0.3 is 5.97 Å². The number of ether oxygens (including phenoxy) is 1. The molecule has 6 heteroatoms. The zero-order valence-electron chi connectivity index (χ0n) is 8.79. The van der Waals surface area contributed by atoms with Crippen LogP contribution in [-0.4, -0.2) is 28.1 Å². The van der Waals surface area contributed by atoms with Crippen LogP contribution in [0.25, 0.3) is 0 Å². The molecular formula is C11H10N2O4. The number of hydrogen-bond donors (Lipinski definition) is 2. The minimum Gasteiger partial charge on any atom is -0.481 e. The van der Waals surface area contributed by atoms with Crippen molar-refractivity contribution in [3.05, 3.63) is 18.3 Å². The summed E-state index contributed by atoms with van der Waals surface area (Å²) in [5.74, 6) is -1.01. The second-order valence-corrected chi connectivity index (χ2v) is 4.22. The molecule has 3 rings (SSSR count). The van der Waals surface area contributed by atoms with Gasteiger partial charge in [0.25, 0.3) is 5.91 Å². The molecule has 1 saturated carbocycles. The molecule has 2 aliphatic rings. The summed E-state index contributed by atoms with van der Waals surface area (Å²) in [6.45, 7) is 0. The summed E-state index contributed by atoms with van der Waals surface area (Å²) in [5.41, 5.74) is 0. The van der Waals surface area contributed by atoms with Crippen LogP contribution in [0.4, 0.5) is 5.82 Å².